The first-order chi connectivity index (χ1) is 14.2. The molecule has 9 heteroatoms. The van der Waals surface area contributed by atoms with Crippen molar-refractivity contribution in [2.75, 3.05) is 25.5 Å². The van der Waals surface area contributed by atoms with E-state index in [9.17, 15) is 4.79 Å². The number of carbonyl (C=O) groups is 1. The second kappa shape index (κ2) is 10.4. The quantitative estimate of drug-likeness (QED) is 0.334. The number of hydrogen-bond acceptors (Lipinski definition) is 4. The van der Waals surface area contributed by atoms with Gasteiger partial charge < -0.3 is 14.4 Å². The Kier molecular flexibility index (Phi) is 9.27. The summed E-state index contributed by atoms with van der Waals surface area (Å²) in [6, 6.07) is 0.201. The molecule has 1 heterocycles. The van der Waals surface area contributed by atoms with Crippen LogP contribution in [0.1, 0.15) is 32.6 Å². The van der Waals surface area contributed by atoms with Gasteiger partial charge in [0.1, 0.15) is 0 Å². The predicted molar refractivity (Wildman–Crippen MR) is 147 cm³/mol. The predicted octanol–water partition coefficient (Wildman–Crippen LogP) is 6.33. The van der Waals surface area contributed by atoms with Crippen LogP contribution in [0.15, 0.2) is 0 Å². The Bertz CT molecular complexity index is 579. The molecule has 2 fully saturated rings. The van der Waals surface area contributed by atoms with E-state index in [1.54, 1.807) is 0 Å². The molecule has 3 atom stereocenters. The summed E-state index contributed by atoms with van der Waals surface area (Å²) in [6.07, 6.45) is 5.11. The molecule has 0 aromatic rings. The molecule has 0 aromatic heterocycles. The van der Waals surface area contributed by atoms with Crippen molar-refractivity contribution >= 4 is 45.9 Å². The Balaban J connectivity index is 2.24. The minimum atomic E-state index is -1.47. The highest BCUT2D eigenvalue weighted by Gasteiger charge is 2.62. The largest absolute Gasteiger partial charge is 0.450 e. The van der Waals surface area contributed by atoms with Crippen LogP contribution in [0.2, 0.25) is 58.9 Å². The molecule has 0 bridgehead atoms. The number of nitrogens with zero attached hydrogens (tertiary/aromatic N) is 1. The third-order valence-corrected chi connectivity index (χ3v) is 96.5. The van der Waals surface area contributed by atoms with Crippen molar-refractivity contribution in [2.24, 2.45) is 5.92 Å². The van der Waals surface area contributed by atoms with E-state index in [-0.39, 0.29) is 12.1 Å². The van der Waals surface area contributed by atoms with Gasteiger partial charge in [-0.2, -0.15) is 11.2 Å². The first kappa shape index (κ1) is 27.7. The lowest BCUT2D eigenvalue weighted by molar-refractivity contribution is 0.0662. The number of carbonyl (C=O) groups excluding carboxylic acids is 1. The summed E-state index contributed by atoms with van der Waals surface area (Å²) in [7, 11) is -3.95. The normalized spacial score (nSPS) is 25.3. The Morgan fingerprint density at radius 2 is 1.52 bits per heavy atom. The highest BCUT2D eigenvalue weighted by molar-refractivity contribution is 8.50. The van der Waals surface area contributed by atoms with Crippen molar-refractivity contribution in [3.63, 3.8) is 0 Å². The summed E-state index contributed by atoms with van der Waals surface area (Å²) in [5.74, 6) is 0.0925. The van der Waals surface area contributed by atoms with Gasteiger partial charge in [0.25, 0.3) is 0 Å². The van der Waals surface area contributed by atoms with Crippen LogP contribution >= 0.6 is 11.2 Å². The SMILES string of the molecule is CCOC(=O)N(CCS[Si]([Si](C)(C)C)([Si](C)(C)C)[Si](C)(C)C)[C@H]1CO[C@H]2CCCC[C@H]21. The third-order valence-electron chi connectivity index (χ3n) is 7.45. The maximum absolute atomic E-state index is 13.0. The first-order valence-electron chi connectivity index (χ1n) is 12.4. The summed E-state index contributed by atoms with van der Waals surface area (Å²) in [6.45, 7) is 27.6. The Hall–Kier alpha value is 0.448. The minimum absolute atomic E-state index is 0.121. The zero-order valence-corrected chi connectivity index (χ0v) is 26.8. The molecule has 1 aliphatic heterocycles. The average Bonchev–Trinajstić information content (AvgIpc) is 3.02. The fourth-order valence-corrected chi connectivity index (χ4v) is 117. The van der Waals surface area contributed by atoms with E-state index in [1.165, 1.54) is 19.3 Å². The van der Waals surface area contributed by atoms with Gasteiger partial charge in [-0.25, -0.2) is 4.79 Å². The van der Waals surface area contributed by atoms with Gasteiger partial charge in [0.05, 0.1) is 31.1 Å². The summed E-state index contributed by atoms with van der Waals surface area (Å²) in [4.78, 5) is 15.1. The van der Waals surface area contributed by atoms with E-state index in [2.05, 4.69) is 75.0 Å². The number of hydrogen-bond donors (Lipinski definition) is 0. The fraction of sp³-hybridized carbons (Fsp3) is 0.955. The van der Waals surface area contributed by atoms with Crippen LogP contribution in [-0.4, -0.2) is 77.2 Å². The Morgan fingerprint density at radius 3 is 2.03 bits per heavy atom. The van der Waals surface area contributed by atoms with Crippen LogP contribution in [0.25, 0.3) is 0 Å². The molecule has 1 aliphatic carbocycles. The van der Waals surface area contributed by atoms with Crippen LogP contribution < -0.4 is 0 Å². The molecule has 2 rings (SSSR count). The van der Waals surface area contributed by atoms with Gasteiger partial charge in [0, 0.05) is 41.0 Å². The lowest BCUT2D eigenvalue weighted by Gasteiger charge is -2.56. The van der Waals surface area contributed by atoms with Crippen LogP contribution in [0, 0.1) is 5.92 Å². The van der Waals surface area contributed by atoms with E-state index in [0.29, 0.717) is 25.2 Å². The molecule has 0 aromatic carbocycles. The highest BCUT2D eigenvalue weighted by Crippen LogP contribution is 2.45. The van der Waals surface area contributed by atoms with E-state index in [4.69, 9.17) is 9.47 Å². The molecule has 2 aliphatic rings. The molecule has 0 spiro atoms. The molecule has 0 unspecified atom stereocenters. The smallest absolute Gasteiger partial charge is 0.410 e. The van der Waals surface area contributed by atoms with Gasteiger partial charge in [-0.15, -0.1) is 0 Å². The first-order valence-corrected chi connectivity index (χ1v) is 29.6. The second-order valence-electron chi connectivity index (χ2n) is 12.6. The second-order valence-corrected chi connectivity index (χ2v) is 58.8. The summed E-state index contributed by atoms with van der Waals surface area (Å²) in [5.41, 5.74) is 0. The Labute approximate surface area is 199 Å². The number of rotatable bonds is 9. The van der Waals surface area contributed by atoms with Crippen molar-refractivity contribution in [2.45, 2.75) is 104 Å². The van der Waals surface area contributed by atoms with E-state index < -0.39 is 28.6 Å². The van der Waals surface area contributed by atoms with Crippen LogP contribution in [0.3, 0.4) is 0 Å². The standard InChI is InChI=1S/C22H49NO3SSi4/c1-11-25-22(24)23(20-18-26-21-15-13-12-14-19(20)21)16-17-27-31(28(2,3)4,29(5,6)7)30(8,9)10/h19-21H,11-18H2,1-10H3/t19-,20-,21-/m0/s1. The van der Waals surface area contributed by atoms with Gasteiger partial charge in [0.15, 0.2) is 0 Å². The van der Waals surface area contributed by atoms with E-state index in [1.807, 2.05) is 6.92 Å². The van der Waals surface area contributed by atoms with Gasteiger partial charge in [-0.3, -0.25) is 0 Å². The number of fused-ring (bicyclic) bond motifs is 1. The summed E-state index contributed by atoms with van der Waals surface area (Å²) < 4.78 is 11.7. The molecule has 0 N–H and O–H groups in total. The molecule has 1 amide bonds. The monoisotopic (exact) mass is 519 g/mol. The Morgan fingerprint density at radius 1 is 0.968 bits per heavy atom. The zero-order chi connectivity index (χ0) is 23.7. The van der Waals surface area contributed by atoms with Gasteiger partial charge in [-0.1, -0.05) is 71.8 Å². The van der Waals surface area contributed by atoms with Crippen LogP contribution in [0.4, 0.5) is 4.79 Å². The summed E-state index contributed by atoms with van der Waals surface area (Å²) >= 11 is 2.38. The minimum Gasteiger partial charge on any atom is -0.450 e. The fourth-order valence-electron chi connectivity index (χ4n) is 7.36. The molecule has 31 heavy (non-hydrogen) atoms. The van der Waals surface area contributed by atoms with Gasteiger partial charge >= 0.3 is 6.09 Å². The summed E-state index contributed by atoms with van der Waals surface area (Å²) in [5, 5.41) is 0. The third kappa shape index (κ3) is 5.75. The molecule has 1 saturated carbocycles. The van der Waals surface area contributed by atoms with Crippen molar-refractivity contribution in [1.29, 1.82) is 0 Å². The van der Waals surface area contributed by atoms with Crippen LogP contribution in [0.5, 0.6) is 0 Å². The molecular weight excluding hydrogens is 471 g/mol. The lowest BCUT2D eigenvalue weighted by atomic mass is 9.83. The number of amides is 1. The molecule has 4 nitrogen and oxygen atoms in total. The van der Waals surface area contributed by atoms with Gasteiger partial charge in [-0.05, 0) is 19.8 Å². The zero-order valence-electron chi connectivity index (χ0n) is 22.0. The molecule has 0 radical (unpaired) electrons. The lowest BCUT2D eigenvalue weighted by Crippen LogP contribution is -2.81. The van der Waals surface area contributed by atoms with Crippen molar-refractivity contribution in [3.05, 3.63) is 0 Å². The topological polar surface area (TPSA) is 38.8 Å². The number of ether oxygens (including phenoxy) is 2. The van der Waals surface area contributed by atoms with Crippen molar-refractivity contribution in [1.82, 2.24) is 4.90 Å². The average molecular weight is 520 g/mol. The van der Waals surface area contributed by atoms with Gasteiger partial charge in [0.2, 0.25) is 0 Å². The van der Waals surface area contributed by atoms with Crippen LogP contribution in [-0.2, 0) is 9.47 Å². The van der Waals surface area contributed by atoms with Crippen molar-refractivity contribution < 1.29 is 14.3 Å². The maximum Gasteiger partial charge on any atom is 0.410 e. The molecule has 1 saturated heterocycles. The maximum atomic E-state index is 13.0. The van der Waals surface area contributed by atoms with Crippen molar-refractivity contribution in [3.8, 4) is 0 Å². The molecule has 182 valence electrons. The molecular formula is C22H49NO3SSi4. The van der Waals surface area contributed by atoms with E-state index in [0.717, 1.165) is 18.7 Å². The highest BCUT2D eigenvalue weighted by atomic mass is 32.4. The van der Waals surface area contributed by atoms with E-state index >= 15 is 0 Å².